The lowest BCUT2D eigenvalue weighted by molar-refractivity contribution is 0.512. The van der Waals surface area contributed by atoms with Gasteiger partial charge in [0.15, 0.2) is 0 Å². The standard InChI is InChI=1S/C14H28P2/c1-3-7-13(8-4-1)15-11-12-16-14-9-5-2-6-10-14/h13-16H,1-12H2. The van der Waals surface area contributed by atoms with Crippen LogP contribution in [0.1, 0.15) is 64.2 Å². The van der Waals surface area contributed by atoms with Gasteiger partial charge in [-0.15, -0.1) is 17.2 Å². The average molecular weight is 258 g/mol. The summed E-state index contributed by atoms with van der Waals surface area (Å²) in [6.45, 7) is 0. The molecule has 2 saturated carbocycles. The highest BCUT2D eigenvalue weighted by Gasteiger charge is 2.14. The second kappa shape index (κ2) is 8.05. The Morgan fingerprint density at radius 2 is 0.938 bits per heavy atom. The van der Waals surface area contributed by atoms with Crippen LogP contribution in [0.3, 0.4) is 0 Å². The number of rotatable bonds is 5. The average Bonchev–Trinajstić information content (AvgIpc) is 2.37. The molecule has 0 aliphatic heterocycles. The van der Waals surface area contributed by atoms with Gasteiger partial charge in [0.2, 0.25) is 0 Å². The lowest BCUT2D eigenvalue weighted by atomic mass is 10.0. The Morgan fingerprint density at radius 3 is 1.31 bits per heavy atom. The minimum Gasteiger partial charge on any atom is -0.119 e. The summed E-state index contributed by atoms with van der Waals surface area (Å²) in [5, 5.41) is 0. The van der Waals surface area contributed by atoms with Gasteiger partial charge >= 0.3 is 0 Å². The van der Waals surface area contributed by atoms with E-state index in [4.69, 9.17) is 0 Å². The Labute approximate surface area is 105 Å². The van der Waals surface area contributed by atoms with Gasteiger partial charge in [-0.05, 0) is 49.3 Å². The van der Waals surface area contributed by atoms with Crippen molar-refractivity contribution < 1.29 is 0 Å². The fraction of sp³-hybridized carbons (Fsp3) is 1.00. The summed E-state index contributed by atoms with van der Waals surface area (Å²) in [4.78, 5) is 0. The normalized spacial score (nSPS) is 26.2. The Balaban J connectivity index is 1.47. The molecule has 0 aromatic heterocycles. The molecule has 2 aliphatic carbocycles. The largest absolute Gasteiger partial charge is 0.119 e. The predicted molar refractivity (Wildman–Crippen MR) is 80.1 cm³/mol. The van der Waals surface area contributed by atoms with Crippen molar-refractivity contribution in [1.82, 2.24) is 0 Å². The Hall–Kier alpha value is 0.860. The van der Waals surface area contributed by atoms with Crippen LogP contribution < -0.4 is 0 Å². The first-order valence-electron chi connectivity index (χ1n) is 7.42. The molecule has 0 aromatic rings. The third-order valence-corrected chi connectivity index (χ3v) is 8.09. The summed E-state index contributed by atoms with van der Waals surface area (Å²) in [5.41, 5.74) is 2.29. The van der Waals surface area contributed by atoms with Crippen molar-refractivity contribution in [3.63, 3.8) is 0 Å². The Morgan fingerprint density at radius 1 is 0.562 bits per heavy atom. The molecule has 0 aromatic carbocycles. The van der Waals surface area contributed by atoms with E-state index >= 15 is 0 Å². The van der Waals surface area contributed by atoms with Gasteiger partial charge in [0.1, 0.15) is 0 Å². The minimum atomic E-state index is 1.14. The van der Waals surface area contributed by atoms with Crippen LogP contribution in [0.15, 0.2) is 0 Å². The second-order valence-electron chi connectivity index (χ2n) is 5.58. The molecule has 2 heteroatoms. The van der Waals surface area contributed by atoms with Gasteiger partial charge < -0.3 is 0 Å². The maximum absolute atomic E-state index is 1.57. The van der Waals surface area contributed by atoms with Gasteiger partial charge in [-0.25, -0.2) is 0 Å². The van der Waals surface area contributed by atoms with Crippen LogP contribution in [0.2, 0.25) is 0 Å². The van der Waals surface area contributed by atoms with Crippen LogP contribution in [-0.4, -0.2) is 23.6 Å². The topological polar surface area (TPSA) is 0 Å². The van der Waals surface area contributed by atoms with Crippen molar-refractivity contribution >= 4 is 17.2 Å². The maximum atomic E-state index is 1.57. The van der Waals surface area contributed by atoms with E-state index in [1.54, 1.807) is 38.0 Å². The van der Waals surface area contributed by atoms with Gasteiger partial charge in [0.25, 0.3) is 0 Å². The predicted octanol–water partition coefficient (Wildman–Crippen LogP) is 5.01. The Kier molecular flexibility index (Phi) is 6.69. The summed E-state index contributed by atoms with van der Waals surface area (Å²) in [6, 6.07) is 0. The van der Waals surface area contributed by atoms with E-state index in [1.807, 2.05) is 0 Å². The number of hydrogen-bond donors (Lipinski definition) is 0. The molecule has 2 fully saturated rings. The minimum absolute atomic E-state index is 1.14. The second-order valence-corrected chi connectivity index (χ2v) is 9.03. The molecular formula is C14H28P2. The van der Waals surface area contributed by atoms with Crippen LogP contribution in [0.4, 0.5) is 0 Å². The van der Waals surface area contributed by atoms with Gasteiger partial charge in [0.05, 0.1) is 0 Å². The van der Waals surface area contributed by atoms with Crippen molar-refractivity contribution in [3.05, 3.63) is 0 Å². The van der Waals surface area contributed by atoms with E-state index in [0.29, 0.717) is 0 Å². The van der Waals surface area contributed by atoms with Crippen LogP contribution in [0.25, 0.3) is 0 Å². The SMILES string of the molecule is C1CCC(PCCPC2CCCCC2)CC1. The summed E-state index contributed by atoms with van der Waals surface area (Å²) < 4.78 is 0. The molecule has 0 saturated heterocycles. The molecule has 0 spiro atoms. The lowest BCUT2D eigenvalue weighted by Crippen LogP contribution is -2.09. The van der Waals surface area contributed by atoms with E-state index in [2.05, 4.69) is 0 Å². The maximum Gasteiger partial charge on any atom is -0.0237 e. The van der Waals surface area contributed by atoms with Crippen molar-refractivity contribution in [1.29, 1.82) is 0 Å². The van der Waals surface area contributed by atoms with Gasteiger partial charge in [0, 0.05) is 0 Å². The first-order valence-corrected chi connectivity index (χ1v) is 9.99. The van der Waals surface area contributed by atoms with Crippen LogP contribution in [0, 0.1) is 0 Å². The van der Waals surface area contributed by atoms with Gasteiger partial charge in [-0.1, -0.05) is 38.5 Å². The van der Waals surface area contributed by atoms with E-state index in [-0.39, 0.29) is 0 Å². The van der Waals surface area contributed by atoms with Crippen molar-refractivity contribution in [2.75, 3.05) is 12.3 Å². The molecule has 0 N–H and O–H groups in total. The lowest BCUT2D eigenvalue weighted by Gasteiger charge is -2.23. The van der Waals surface area contributed by atoms with E-state index in [1.165, 1.54) is 55.7 Å². The number of hydrogen-bond acceptors (Lipinski definition) is 0. The van der Waals surface area contributed by atoms with Crippen LogP contribution in [-0.2, 0) is 0 Å². The zero-order valence-electron chi connectivity index (χ0n) is 10.6. The van der Waals surface area contributed by atoms with Crippen molar-refractivity contribution in [2.45, 2.75) is 75.5 Å². The zero-order chi connectivity index (χ0) is 11.1. The van der Waals surface area contributed by atoms with Crippen LogP contribution in [0.5, 0.6) is 0 Å². The fourth-order valence-electron chi connectivity index (χ4n) is 3.17. The van der Waals surface area contributed by atoms with Crippen molar-refractivity contribution in [3.8, 4) is 0 Å². The summed E-state index contributed by atoms with van der Waals surface area (Å²) >= 11 is 0. The smallest absolute Gasteiger partial charge is 0.0237 e. The Bertz CT molecular complexity index is 150. The highest BCUT2D eigenvalue weighted by atomic mass is 31.1. The first-order chi connectivity index (χ1) is 7.95. The zero-order valence-corrected chi connectivity index (χ0v) is 12.6. The van der Waals surface area contributed by atoms with Gasteiger partial charge in [-0.3, -0.25) is 0 Å². The van der Waals surface area contributed by atoms with E-state index < -0.39 is 0 Å². The molecule has 16 heavy (non-hydrogen) atoms. The third-order valence-electron chi connectivity index (χ3n) is 4.20. The quantitative estimate of drug-likeness (QED) is 0.480. The molecule has 0 nitrogen and oxygen atoms in total. The first kappa shape index (κ1) is 13.3. The highest BCUT2D eigenvalue weighted by Crippen LogP contribution is 2.37. The highest BCUT2D eigenvalue weighted by molar-refractivity contribution is 7.43. The molecule has 2 aliphatic rings. The van der Waals surface area contributed by atoms with E-state index in [0.717, 1.165) is 11.3 Å². The van der Waals surface area contributed by atoms with Gasteiger partial charge in [-0.2, -0.15) is 0 Å². The van der Waals surface area contributed by atoms with Crippen LogP contribution >= 0.6 is 17.2 Å². The molecule has 0 heterocycles. The molecule has 2 rings (SSSR count). The molecule has 0 radical (unpaired) electrons. The summed E-state index contributed by atoms with van der Waals surface area (Å²) in [5.74, 6) is 0. The fourth-order valence-corrected chi connectivity index (χ4v) is 6.77. The van der Waals surface area contributed by atoms with E-state index in [9.17, 15) is 0 Å². The third kappa shape index (κ3) is 5.01. The molecule has 0 amide bonds. The molecule has 0 bridgehead atoms. The molecule has 94 valence electrons. The molecule has 2 atom stereocenters. The molecular weight excluding hydrogens is 230 g/mol. The monoisotopic (exact) mass is 258 g/mol. The molecule has 2 unspecified atom stereocenters. The van der Waals surface area contributed by atoms with Crippen molar-refractivity contribution in [2.24, 2.45) is 0 Å². The summed E-state index contributed by atoms with van der Waals surface area (Å²) in [6.07, 6.45) is 18.5. The summed E-state index contributed by atoms with van der Waals surface area (Å²) in [7, 11) is 2.62.